The van der Waals surface area contributed by atoms with Gasteiger partial charge in [0.05, 0.1) is 16.1 Å². The average molecular weight is 441 g/mol. The number of carbonyl (C=O) groups is 1. The van der Waals surface area contributed by atoms with Gasteiger partial charge in [-0.15, -0.1) is 0 Å². The van der Waals surface area contributed by atoms with Crippen LogP contribution < -0.4 is 10.0 Å². The predicted octanol–water partition coefficient (Wildman–Crippen LogP) is 2.89. The van der Waals surface area contributed by atoms with Gasteiger partial charge >= 0.3 is 0 Å². The highest BCUT2D eigenvalue weighted by Gasteiger charge is 2.23. The molecule has 1 aliphatic rings. The van der Waals surface area contributed by atoms with Crippen LogP contribution in [0.2, 0.25) is 0 Å². The van der Waals surface area contributed by atoms with Crippen molar-refractivity contribution in [3.63, 3.8) is 0 Å². The number of hydrogen-bond donors (Lipinski definition) is 2. The molecule has 1 heterocycles. The average Bonchev–Trinajstić information content (AvgIpc) is 2.77. The van der Waals surface area contributed by atoms with E-state index < -0.39 is 10.0 Å². The van der Waals surface area contributed by atoms with Crippen molar-refractivity contribution in [2.75, 3.05) is 31.5 Å². The Hall–Kier alpha value is -2.73. The van der Waals surface area contributed by atoms with Gasteiger partial charge in [-0.1, -0.05) is 29.8 Å². The first kappa shape index (κ1) is 22.9. The van der Waals surface area contributed by atoms with Gasteiger partial charge in [-0.05, 0) is 56.5 Å². The lowest BCUT2D eigenvalue weighted by molar-refractivity contribution is -0.116. The Morgan fingerprint density at radius 2 is 1.94 bits per heavy atom. The summed E-state index contributed by atoms with van der Waals surface area (Å²) in [4.78, 5) is 14.8. The van der Waals surface area contributed by atoms with E-state index in [1.54, 1.807) is 48.5 Å². The zero-order chi connectivity index (χ0) is 22.3. The van der Waals surface area contributed by atoms with E-state index in [1.807, 2.05) is 6.92 Å². The fraction of sp³-hybridized carbons (Fsp3) is 0.391. The summed E-state index contributed by atoms with van der Waals surface area (Å²) >= 11 is 0. The smallest absolute Gasteiger partial charge is 0.240 e. The third-order valence-corrected chi connectivity index (χ3v) is 6.91. The van der Waals surface area contributed by atoms with Gasteiger partial charge in [-0.2, -0.15) is 5.26 Å². The van der Waals surface area contributed by atoms with Gasteiger partial charge in [-0.25, -0.2) is 13.1 Å². The molecule has 1 fully saturated rings. The van der Waals surface area contributed by atoms with Gasteiger partial charge in [0.15, 0.2) is 0 Å². The Morgan fingerprint density at radius 1 is 1.19 bits per heavy atom. The summed E-state index contributed by atoms with van der Waals surface area (Å²) in [6.45, 7) is 4.54. The molecule has 0 bridgehead atoms. The highest BCUT2D eigenvalue weighted by molar-refractivity contribution is 7.89. The molecule has 1 amide bonds. The number of nitrogens with zero attached hydrogens (tertiary/aromatic N) is 2. The van der Waals surface area contributed by atoms with E-state index in [0.717, 1.165) is 31.5 Å². The number of benzene rings is 2. The van der Waals surface area contributed by atoms with Crippen molar-refractivity contribution < 1.29 is 13.2 Å². The van der Waals surface area contributed by atoms with Crippen molar-refractivity contribution in [1.82, 2.24) is 9.62 Å². The first-order valence-corrected chi connectivity index (χ1v) is 11.9. The number of likely N-dealkylation sites (tertiary alicyclic amines) is 1. The van der Waals surface area contributed by atoms with Crippen molar-refractivity contribution in [1.29, 1.82) is 5.26 Å². The van der Waals surface area contributed by atoms with Gasteiger partial charge < -0.3 is 10.2 Å². The maximum Gasteiger partial charge on any atom is 0.240 e. The van der Waals surface area contributed by atoms with Gasteiger partial charge in [0.1, 0.15) is 6.07 Å². The minimum Gasteiger partial charge on any atom is -0.325 e. The summed E-state index contributed by atoms with van der Waals surface area (Å²) in [7, 11) is -3.52. The van der Waals surface area contributed by atoms with Crippen molar-refractivity contribution in [3.8, 4) is 6.07 Å². The Bertz CT molecular complexity index is 1050. The van der Waals surface area contributed by atoms with Crippen LogP contribution >= 0.6 is 0 Å². The number of anilines is 1. The number of sulfonamides is 1. The molecular weight excluding hydrogens is 412 g/mol. The molecule has 2 aromatic carbocycles. The van der Waals surface area contributed by atoms with Crippen LogP contribution in [0.4, 0.5) is 5.69 Å². The number of amides is 1. The van der Waals surface area contributed by atoms with E-state index in [1.165, 1.54) is 0 Å². The van der Waals surface area contributed by atoms with E-state index in [0.29, 0.717) is 30.8 Å². The Kier molecular flexibility index (Phi) is 7.80. The zero-order valence-electron chi connectivity index (χ0n) is 17.7. The second kappa shape index (κ2) is 10.5. The summed E-state index contributed by atoms with van der Waals surface area (Å²) in [5, 5.41) is 11.9. The standard InChI is InChI=1S/C23H28N4O3S/c1-18-8-10-21(11-9-18)31(29,30)25-16-19-5-4-13-27(17-19)14-12-23(28)26-22-7-3-2-6-20(22)15-24/h2-3,6-11,19,25H,4-5,12-14,16-17H2,1H3,(H,26,28). The second-order valence-corrected chi connectivity index (χ2v) is 9.70. The molecule has 2 aromatic rings. The van der Waals surface area contributed by atoms with E-state index >= 15 is 0 Å². The summed E-state index contributed by atoms with van der Waals surface area (Å²) in [5.74, 6) is 0.0706. The van der Waals surface area contributed by atoms with E-state index in [9.17, 15) is 13.2 Å². The zero-order valence-corrected chi connectivity index (χ0v) is 18.5. The Labute approximate surface area is 184 Å². The number of carbonyl (C=O) groups excluding carboxylic acids is 1. The number of nitrogens with one attached hydrogen (secondary N) is 2. The lowest BCUT2D eigenvalue weighted by Crippen LogP contribution is -2.41. The van der Waals surface area contributed by atoms with Gasteiger partial charge in [0.25, 0.3) is 0 Å². The van der Waals surface area contributed by atoms with Crippen molar-refractivity contribution in [3.05, 3.63) is 59.7 Å². The van der Waals surface area contributed by atoms with Crippen LogP contribution in [0.25, 0.3) is 0 Å². The van der Waals surface area contributed by atoms with Crippen LogP contribution in [0.15, 0.2) is 53.4 Å². The molecule has 3 rings (SSSR count). The molecule has 7 nitrogen and oxygen atoms in total. The minimum atomic E-state index is -3.52. The number of hydrogen-bond acceptors (Lipinski definition) is 5. The molecule has 31 heavy (non-hydrogen) atoms. The molecule has 1 atom stereocenters. The van der Waals surface area contributed by atoms with Crippen LogP contribution in [0.5, 0.6) is 0 Å². The fourth-order valence-corrected chi connectivity index (χ4v) is 4.83. The van der Waals surface area contributed by atoms with E-state index in [-0.39, 0.29) is 16.7 Å². The maximum absolute atomic E-state index is 12.5. The van der Waals surface area contributed by atoms with Crippen molar-refractivity contribution in [2.45, 2.75) is 31.1 Å². The molecule has 0 aromatic heterocycles. The first-order chi connectivity index (χ1) is 14.9. The molecule has 164 valence electrons. The molecule has 2 N–H and O–H groups in total. The molecule has 0 radical (unpaired) electrons. The van der Waals surface area contributed by atoms with Crippen LogP contribution in [0.1, 0.15) is 30.4 Å². The quantitative estimate of drug-likeness (QED) is 0.657. The number of nitriles is 1. The highest BCUT2D eigenvalue weighted by Crippen LogP contribution is 2.18. The number of piperidine rings is 1. The third-order valence-electron chi connectivity index (χ3n) is 5.47. The first-order valence-electron chi connectivity index (χ1n) is 10.4. The van der Waals surface area contributed by atoms with Gasteiger partial charge in [0, 0.05) is 26.1 Å². The topological polar surface area (TPSA) is 102 Å². The van der Waals surface area contributed by atoms with Gasteiger partial charge in [-0.3, -0.25) is 4.79 Å². The number of para-hydroxylation sites is 1. The van der Waals surface area contributed by atoms with Crippen LogP contribution in [0.3, 0.4) is 0 Å². The molecule has 8 heteroatoms. The lowest BCUT2D eigenvalue weighted by Gasteiger charge is -2.32. The summed E-state index contributed by atoms with van der Waals surface area (Å²) in [5.41, 5.74) is 1.98. The summed E-state index contributed by atoms with van der Waals surface area (Å²) in [6.07, 6.45) is 2.24. The summed E-state index contributed by atoms with van der Waals surface area (Å²) in [6, 6.07) is 15.8. The third kappa shape index (κ3) is 6.62. The summed E-state index contributed by atoms with van der Waals surface area (Å²) < 4.78 is 27.7. The monoisotopic (exact) mass is 440 g/mol. The molecule has 1 aliphatic heterocycles. The molecule has 0 spiro atoms. The fourth-order valence-electron chi connectivity index (χ4n) is 3.71. The minimum absolute atomic E-state index is 0.134. The molecule has 0 aliphatic carbocycles. The van der Waals surface area contributed by atoms with Gasteiger partial charge in [0.2, 0.25) is 15.9 Å². The number of aryl methyl sites for hydroxylation is 1. The molecule has 0 saturated carbocycles. The van der Waals surface area contributed by atoms with E-state index in [4.69, 9.17) is 5.26 Å². The van der Waals surface area contributed by atoms with Crippen LogP contribution in [0, 0.1) is 24.2 Å². The SMILES string of the molecule is Cc1ccc(S(=O)(=O)NCC2CCCN(CCC(=O)Nc3ccccc3C#N)C2)cc1. The Morgan fingerprint density at radius 3 is 2.68 bits per heavy atom. The van der Waals surface area contributed by atoms with Crippen molar-refractivity contribution in [2.24, 2.45) is 5.92 Å². The van der Waals surface area contributed by atoms with Crippen molar-refractivity contribution >= 4 is 21.6 Å². The molecule has 1 saturated heterocycles. The van der Waals surface area contributed by atoms with Crippen LogP contribution in [-0.2, 0) is 14.8 Å². The normalized spacial score (nSPS) is 17.1. The predicted molar refractivity (Wildman–Crippen MR) is 120 cm³/mol. The molecule has 1 unspecified atom stereocenters. The van der Waals surface area contributed by atoms with Crippen LogP contribution in [-0.4, -0.2) is 45.4 Å². The highest BCUT2D eigenvalue weighted by atomic mass is 32.2. The lowest BCUT2D eigenvalue weighted by atomic mass is 9.98. The maximum atomic E-state index is 12.5. The second-order valence-electron chi connectivity index (χ2n) is 7.93. The Balaban J connectivity index is 1.46. The largest absolute Gasteiger partial charge is 0.325 e. The van der Waals surface area contributed by atoms with E-state index in [2.05, 4.69) is 21.0 Å². The number of rotatable bonds is 8. The molecular formula is C23H28N4O3S.